The van der Waals surface area contributed by atoms with Gasteiger partial charge >= 0.3 is 5.97 Å². The summed E-state index contributed by atoms with van der Waals surface area (Å²) in [4.78, 5) is 25.1. The zero-order valence-corrected chi connectivity index (χ0v) is 19.9. The van der Waals surface area contributed by atoms with Crippen LogP contribution in [-0.2, 0) is 26.0 Å². The highest BCUT2D eigenvalue weighted by molar-refractivity contribution is 7.90. The lowest BCUT2D eigenvalue weighted by Crippen LogP contribution is -2.33. The van der Waals surface area contributed by atoms with Gasteiger partial charge in [0.2, 0.25) is 0 Å². The number of ether oxygens (including phenoxy) is 3. The van der Waals surface area contributed by atoms with Crippen LogP contribution in [0.5, 0.6) is 11.5 Å². The molecule has 0 spiro atoms. The summed E-state index contributed by atoms with van der Waals surface area (Å²) in [6.45, 7) is 2.02. The van der Waals surface area contributed by atoms with Crippen LogP contribution >= 0.6 is 0 Å². The van der Waals surface area contributed by atoms with Gasteiger partial charge < -0.3 is 24.4 Å². The number of carbonyl (C=O) groups is 2. The van der Waals surface area contributed by atoms with E-state index in [1.165, 1.54) is 19.2 Å². The van der Waals surface area contributed by atoms with Gasteiger partial charge in [-0.05, 0) is 23.6 Å². The summed E-state index contributed by atoms with van der Waals surface area (Å²) in [5, 5.41) is 18.5. The molecule has 1 atom stereocenters. The van der Waals surface area contributed by atoms with Crippen molar-refractivity contribution in [2.45, 2.75) is 37.2 Å². The molecule has 0 aromatic heterocycles. The molecule has 2 N–H and O–H groups in total. The Balaban J connectivity index is 1.82. The largest absolute Gasteiger partial charge is 0.496 e. The van der Waals surface area contributed by atoms with E-state index in [0.717, 1.165) is 0 Å². The normalized spacial score (nSPS) is 15.2. The van der Waals surface area contributed by atoms with Crippen molar-refractivity contribution in [1.29, 1.82) is 0 Å². The highest BCUT2D eigenvalue weighted by atomic mass is 32.2. The fourth-order valence-corrected chi connectivity index (χ4v) is 4.96. The van der Waals surface area contributed by atoms with Crippen LogP contribution in [0.4, 0.5) is 0 Å². The van der Waals surface area contributed by atoms with Gasteiger partial charge in [-0.1, -0.05) is 32.0 Å². The minimum Gasteiger partial charge on any atom is -0.496 e. The first-order chi connectivity index (χ1) is 16.1. The lowest BCUT2D eigenvalue weighted by molar-refractivity contribution is -0.144. The van der Waals surface area contributed by atoms with Crippen LogP contribution in [0.1, 0.15) is 41.3 Å². The van der Waals surface area contributed by atoms with Gasteiger partial charge in [-0.25, -0.2) is 8.42 Å². The number of benzene rings is 2. The molecule has 1 aliphatic rings. The third-order valence-electron chi connectivity index (χ3n) is 5.26. The van der Waals surface area contributed by atoms with E-state index >= 15 is 0 Å². The number of esters is 1. The van der Waals surface area contributed by atoms with Gasteiger partial charge in [-0.3, -0.25) is 9.59 Å². The molecule has 0 radical (unpaired) electrons. The van der Waals surface area contributed by atoms with E-state index in [9.17, 15) is 23.1 Å². The number of para-hydroxylation sites is 1. The summed E-state index contributed by atoms with van der Waals surface area (Å²) in [6.07, 6.45) is -1.31. The Kier molecular flexibility index (Phi) is 7.80. The molecule has 1 heterocycles. The molecule has 34 heavy (non-hydrogen) atoms. The predicted molar refractivity (Wildman–Crippen MR) is 120 cm³/mol. The maximum Gasteiger partial charge on any atom is 0.312 e. The first kappa shape index (κ1) is 25.5. The number of rotatable bonds is 10. The van der Waals surface area contributed by atoms with E-state index in [1.54, 1.807) is 38.1 Å². The minimum absolute atomic E-state index is 0.00849. The quantitative estimate of drug-likeness (QED) is 0.471. The van der Waals surface area contributed by atoms with Crippen LogP contribution in [0.25, 0.3) is 0 Å². The number of hydrogen-bond acceptors (Lipinski definition) is 9. The molecule has 0 saturated carbocycles. The zero-order valence-electron chi connectivity index (χ0n) is 19.1. The summed E-state index contributed by atoms with van der Waals surface area (Å²) >= 11 is 0. The average molecular weight is 494 g/mol. The lowest BCUT2D eigenvalue weighted by Gasteiger charge is -2.15. The Bertz CT molecular complexity index is 1180. The number of nitrogens with zero attached hydrogens (tertiary/aromatic N) is 1. The SMILES string of the molecule is COc1ccccc1CC(=O)OCN1C(=O)c2c(C(C)C)cc(OCC(O)CO)cc2S1(=O)=O. The first-order valence-electron chi connectivity index (χ1n) is 10.5. The molecule has 10 nitrogen and oxygen atoms in total. The molecule has 1 amide bonds. The number of fused-ring (bicyclic) bond motifs is 1. The number of carbonyl (C=O) groups excluding carboxylic acids is 2. The zero-order chi connectivity index (χ0) is 25.0. The first-order valence-corrected chi connectivity index (χ1v) is 12.0. The molecular formula is C23H27NO9S. The third-order valence-corrected chi connectivity index (χ3v) is 6.99. The van der Waals surface area contributed by atoms with Crippen LogP contribution in [-0.4, -0.2) is 68.0 Å². The second kappa shape index (κ2) is 10.4. The topological polar surface area (TPSA) is 140 Å². The smallest absolute Gasteiger partial charge is 0.312 e. The van der Waals surface area contributed by atoms with Crippen LogP contribution in [0.3, 0.4) is 0 Å². The van der Waals surface area contributed by atoms with Crippen LogP contribution < -0.4 is 9.47 Å². The Labute approximate surface area is 197 Å². The fourth-order valence-electron chi connectivity index (χ4n) is 3.49. The summed E-state index contributed by atoms with van der Waals surface area (Å²) in [7, 11) is -2.85. The Morgan fingerprint density at radius 2 is 1.88 bits per heavy atom. The Morgan fingerprint density at radius 3 is 2.53 bits per heavy atom. The van der Waals surface area contributed by atoms with Crippen molar-refractivity contribution >= 4 is 21.9 Å². The number of aliphatic hydroxyl groups is 2. The highest BCUT2D eigenvalue weighted by Crippen LogP contribution is 2.38. The van der Waals surface area contributed by atoms with E-state index in [2.05, 4.69) is 0 Å². The highest BCUT2D eigenvalue weighted by Gasteiger charge is 2.44. The molecule has 184 valence electrons. The van der Waals surface area contributed by atoms with Gasteiger partial charge in [-0.15, -0.1) is 0 Å². The second-order valence-electron chi connectivity index (χ2n) is 7.98. The monoisotopic (exact) mass is 493 g/mol. The summed E-state index contributed by atoms with van der Waals surface area (Å²) in [5.41, 5.74) is 0.982. The summed E-state index contributed by atoms with van der Waals surface area (Å²) in [5.74, 6) is -1.15. The van der Waals surface area contributed by atoms with E-state index in [0.29, 0.717) is 21.2 Å². The minimum atomic E-state index is -4.31. The van der Waals surface area contributed by atoms with Gasteiger partial charge in [0.1, 0.15) is 29.1 Å². The van der Waals surface area contributed by atoms with E-state index in [1.807, 2.05) is 0 Å². The van der Waals surface area contributed by atoms with Crippen LogP contribution in [0.15, 0.2) is 41.3 Å². The van der Waals surface area contributed by atoms with Crippen LogP contribution in [0.2, 0.25) is 0 Å². The van der Waals surface area contributed by atoms with Gasteiger partial charge in [0, 0.05) is 11.6 Å². The van der Waals surface area contributed by atoms with Crippen LogP contribution in [0, 0.1) is 0 Å². The van der Waals surface area contributed by atoms with E-state index < -0.39 is 41.3 Å². The second-order valence-corrected chi connectivity index (χ2v) is 9.81. The molecule has 1 unspecified atom stereocenters. The van der Waals surface area contributed by atoms with Crippen molar-refractivity contribution in [3.63, 3.8) is 0 Å². The number of aliphatic hydroxyl groups excluding tert-OH is 2. The van der Waals surface area contributed by atoms with Crippen molar-refractivity contribution in [2.75, 3.05) is 27.1 Å². The summed E-state index contributed by atoms with van der Waals surface area (Å²) < 4.78 is 42.5. The molecule has 0 saturated heterocycles. The van der Waals surface area contributed by atoms with Crippen molar-refractivity contribution in [2.24, 2.45) is 0 Å². The van der Waals surface area contributed by atoms with E-state index in [4.69, 9.17) is 19.3 Å². The van der Waals surface area contributed by atoms with Gasteiger partial charge in [0.15, 0.2) is 6.73 Å². The van der Waals surface area contributed by atoms with Crippen molar-refractivity contribution in [3.8, 4) is 11.5 Å². The molecule has 0 aliphatic carbocycles. The molecule has 2 aromatic rings. The molecule has 0 bridgehead atoms. The Morgan fingerprint density at radius 1 is 1.18 bits per heavy atom. The maximum atomic E-state index is 13.1. The van der Waals surface area contributed by atoms with Gasteiger partial charge in [0.25, 0.3) is 15.9 Å². The van der Waals surface area contributed by atoms with Gasteiger partial charge in [-0.2, -0.15) is 4.31 Å². The average Bonchev–Trinajstić information content (AvgIpc) is 3.00. The molecular weight excluding hydrogens is 466 g/mol. The molecule has 1 aliphatic heterocycles. The molecule has 0 fully saturated rings. The third kappa shape index (κ3) is 5.16. The van der Waals surface area contributed by atoms with E-state index in [-0.39, 0.29) is 35.2 Å². The number of amides is 1. The fraction of sp³-hybridized carbons (Fsp3) is 0.391. The molecule has 11 heteroatoms. The summed E-state index contributed by atoms with van der Waals surface area (Å²) in [6, 6.07) is 9.55. The van der Waals surface area contributed by atoms with Crippen molar-refractivity contribution in [1.82, 2.24) is 4.31 Å². The lowest BCUT2D eigenvalue weighted by atomic mass is 9.96. The maximum absolute atomic E-state index is 13.1. The number of sulfonamides is 1. The number of hydrogen-bond donors (Lipinski definition) is 2. The Hall–Kier alpha value is -3.15. The number of methoxy groups -OCH3 is 1. The molecule has 2 aromatic carbocycles. The van der Waals surface area contributed by atoms with Crippen molar-refractivity contribution in [3.05, 3.63) is 53.1 Å². The predicted octanol–water partition coefficient (Wildman–Crippen LogP) is 1.44. The molecule has 3 rings (SSSR count). The standard InChI is InChI=1S/C23H27NO9S/c1-14(2)18-9-17(32-12-16(26)11-25)10-20-22(18)23(28)24(34(20,29)30)13-33-21(27)8-15-6-4-5-7-19(15)31-3/h4-7,9-10,14,16,25-26H,8,11-13H2,1-3H3. The van der Waals surface area contributed by atoms with Gasteiger partial charge in [0.05, 0.1) is 25.7 Å². The van der Waals surface area contributed by atoms with Crippen molar-refractivity contribution < 1.29 is 42.4 Å².